The highest BCUT2D eigenvalue weighted by molar-refractivity contribution is 7.89. The lowest BCUT2D eigenvalue weighted by molar-refractivity contribution is -0.136. The highest BCUT2D eigenvalue weighted by atomic mass is 32.2. The molecule has 2 aliphatic heterocycles. The Morgan fingerprint density at radius 3 is 2.39 bits per heavy atom. The second-order valence-electron chi connectivity index (χ2n) is 7.53. The maximum Gasteiger partial charge on any atom is 0.241 e. The predicted molar refractivity (Wildman–Crippen MR) is 113 cm³/mol. The van der Waals surface area contributed by atoms with Crippen molar-refractivity contribution in [2.75, 3.05) is 26.3 Å². The number of rotatable bonds is 6. The molecule has 1 saturated heterocycles. The van der Waals surface area contributed by atoms with E-state index in [0.717, 1.165) is 5.56 Å². The van der Waals surface area contributed by atoms with Crippen LogP contribution < -0.4 is 14.2 Å². The minimum absolute atomic E-state index is 0.00330. The second-order valence-corrected chi connectivity index (χ2v) is 9.25. The summed E-state index contributed by atoms with van der Waals surface area (Å²) in [7, 11) is -4.01. The standard InChI is InChI=1S/C22H24N2O6S/c25-17-8-10-24(11-9-17)22(26)19(14-16-4-2-1-3-5-16)23-31(27,28)18-6-7-20-21(15-18)30-13-12-29-20/h1-7,15,19,23H,8-14H2/t19-/m1/s1. The van der Waals surface area contributed by atoms with Crippen LogP contribution in [0, 0.1) is 0 Å². The SMILES string of the molecule is O=C1CCN(C(=O)[C@@H](Cc2ccccc2)NS(=O)(=O)c2ccc3c(c2)OCCO3)CC1. The van der Waals surface area contributed by atoms with E-state index in [1.807, 2.05) is 30.3 Å². The summed E-state index contributed by atoms with van der Waals surface area (Å²) >= 11 is 0. The number of ketones is 1. The third-order valence-corrected chi connectivity index (χ3v) is 6.80. The summed E-state index contributed by atoms with van der Waals surface area (Å²) < 4.78 is 39.8. The first-order chi connectivity index (χ1) is 14.9. The molecule has 0 saturated carbocycles. The lowest BCUT2D eigenvalue weighted by Gasteiger charge is -2.30. The van der Waals surface area contributed by atoms with Crippen LogP contribution >= 0.6 is 0 Å². The first kappa shape index (κ1) is 21.3. The van der Waals surface area contributed by atoms with Gasteiger partial charge >= 0.3 is 0 Å². The van der Waals surface area contributed by atoms with E-state index in [4.69, 9.17) is 9.47 Å². The van der Waals surface area contributed by atoms with Gasteiger partial charge in [-0.05, 0) is 24.1 Å². The molecule has 1 N–H and O–H groups in total. The number of carbonyl (C=O) groups is 2. The molecule has 2 aromatic rings. The van der Waals surface area contributed by atoms with Crippen molar-refractivity contribution in [1.82, 2.24) is 9.62 Å². The number of nitrogens with one attached hydrogen (secondary N) is 1. The number of hydrogen-bond acceptors (Lipinski definition) is 6. The van der Waals surface area contributed by atoms with Crippen LogP contribution in [0.25, 0.3) is 0 Å². The molecule has 164 valence electrons. The van der Waals surface area contributed by atoms with Crippen LogP contribution in [-0.4, -0.2) is 57.4 Å². The monoisotopic (exact) mass is 444 g/mol. The summed E-state index contributed by atoms with van der Waals surface area (Å²) in [6.45, 7) is 1.35. The molecule has 1 atom stereocenters. The van der Waals surface area contributed by atoms with Crippen LogP contribution in [0.1, 0.15) is 18.4 Å². The molecule has 1 fully saturated rings. The van der Waals surface area contributed by atoms with E-state index in [2.05, 4.69) is 4.72 Å². The van der Waals surface area contributed by atoms with Gasteiger partial charge in [-0.1, -0.05) is 30.3 Å². The number of fused-ring (bicyclic) bond motifs is 1. The van der Waals surface area contributed by atoms with Crippen molar-refractivity contribution < 1.29 is 27.5 Å². The predicted octanol–water partition coefficient (Wildman–Crippen LogP) is 1.54. The average Bonchev–Trinajstić information content (AvgIpc) is 2.79. The summed E-state index contributed by atoms with van der Waals surface area (Å²) in [5.74, 6) is 0.618. The molecule has 2 heterocycles. The highest BCUT2D eigenvalue weighted by Crippen LogP contribution is 2.32. The topological polar surface area (TPSA) is 102 Å². The van der Waals surface area contributed by atoms with Gasteiger partial charge < -0.3 is 14.4 Å². The molecular formula is C22H24N2O6S. The number of hydrogen-bond donors (Lipinski definition) is 1. The normalized spacial score (nSPS) is 17.3. The van der Waals surface area contributed by atoms with Gasteiger partial charge in [0.2, 0.25) is 15.9 Å². The number of carbonyl (C=O) groups excluding carboxylic acids is 2. The van der Waals surface area contributed by atoms with E-state index >= 15 is 0 Å². The minimum Gasteiger partial charge on any atom is -0.486 e. The zero-order valence-electron chi connectivity index (χ0n) is 17.0. The van der Waals surface area contributed by atoms with E-state index in [-0.39, 0.29) is 23.0 Å². The van der Waals surface area contributed by atoms with E-state index in [1.165, 1.54) is 12.1 Å². The third-order valence-electron chi connectivity index (χ3n) is 5.33. The Bertz CT molecular complexity index is 1060. The lowest BCUT2D eigenvalue weighted by Crippen LogP contribution is -2.51. The van der Waals surface area contributed by atoms with Gasteiger partial charge in [0.15, 0.2) is 11.5 Å². The lowest BCUT2D eigenvalue weighted by atomic mass is 10.0. The highest BCUT2D eigenvalue weighted by Gasteiger charge is 2.32. The number of amides is 1. The van der Waals surface area contributed by atoms with Crippen molar-refractivity contribution in [1.29, 1.82) is 0 Å². The zero-order valence-corrected chi connectivity index (χ0v) is 17.8. The Labute approximate surface area is 181 Å². The largest absolute Gasteiger partial charge is 0.486 e. The molecule has 4 rings (SSSR count). The third kappa shape index (κ3) is 5.05. The van der Waals surface area contributed by atoms with Gasteiger partial charge in [-0.3, -0.25) is 9.59 Å². The Kier molecular flexibility index (Phi) is 6.24. The van der Waals surface area contributed by atoms with Crippen molar-refractivity contribution in [3.63, 3.8) is 0 Å². The summed E-state index contributed by atoms with van der Waals surface area (Å²) in [6, 6.07) is 12.6. The number of sulfonamides is 1. The smallest absolute Gasteiger partial charge is 0.241 e. The van der Waals surface area contributed by atoms with Gasteiger partial charge in [0.25, 0.3) is 0 Å². The maximum atomic E-state index is 13.2. The second kappa shape index (κ2) is 9.07. The summed E-state index contributed by atoms with van der Waals surface area (Å²) in [5.41, 5.74) is 0.832. The van der Waals surface area contributed by atoms with Gasteiger partial charge in [0.05, 0.1) is 4.90 Å². The van der Waals surface area contributed by atoms with Crippen molar-refractivity contribution >= 4 is 21.7 Å². The Morgan fingerprint density at radius 1 is 1.00 bits per heavy atom. The van der Waals surface area contributed by atoms with Crippen LogP contribution in [0.3, 0.4) is 0 Å². The number of Topliss-reactive ketones (excluding diaryl/α,β-unsaturated/α-hetero) is 1. The average molecular weight is 445 g/mol. The van der Waals surface area contributed by atoms with Crippen LogP contribution in [0.5, 0.6) is 11.5 Å². The van der Waals surface area contributed by atoms with Crippen LogP contribution in [0.15, 0.2) is 53.4 Å². The van der Waals surface area contributed by atoms with Gasteiger partial charge in [0, 0.05) is 32.0 Å². The number of likely N-dealkylation sites (tertiary alicyclic amines) is 1. The van der Waals surface area contributed by atoms with Gasteiger partial charge in [-0.25, -0.2) is 8.42 Å². The first-order valence-corrected chi connectivity index (χ1v) is 11.7. The Morgan fingerprint density at radius 2 is 1.68 bits per heavy atom. The molecule has 0 spiro atoms. The van der Waals surface area contributed by atoms with E-state index in [1.54, 1.807) is 11.0 Å². The fourth-order valence-corrected chi connectivity index (χ4v) is 4.88. The molecule has 8 nitrogen and oxygen atoms in total. The van der Waals surface area contributed by atoms with Crippen LogP contribution in [-0.2, 0) is 26.0 Å². The van der Waals surface area contributed by atoms with Crippen molar-refractivity contribution in [2.45, 2.75) is 30.2 Å². The fourth-order valence-electron chi connectivity index (χ4n) is 3.67. The number of nitrogens with zero attached hydrogens (tertiary/aromatic N) is 1. The molecule has 2 aliphatic rings. The van der Waals surface area contributed by atoms with Crippen molar-refractivity contribution in [3.05, 3.63) is 54.1 Å². The van der Waals surface area contributed by atoms with Crippen molar-refractivity contribution in [3.8, 4) is 11.5 Å². The molecule has 31 heavy (non-hydrogen) atoms. The molecule has 9 heteroatoms. The summed E-state index contributed by atoms with van der Waals surface area (Å²) in [4.78, 5) is 26.3. The molecule has 0 aromatic heterocycles. The molecule has 2 aromatic carbocycles. The number of piperidine rings is 1. The summed E-state index contributed by atoms with van der Waals surface area (Å²) in [5, 5.41) is 0. The zero-order chi connectivity index (χ0) is 21.8. The molecule has 1 amide bonds. The Hall–Kier alpha value is -2.91. The number of benzene rings is 2. The van der Waals surface area contributed by atoms with E-state index in [9.17, 15) is 18.0 Å². The van der Waals surface area contributed by atoms with E-state index in [0.29, 0.717) is 50.6 Å². The maximum absolute atomic E-state index is 13.2. The van der Waals surface area contributed by atoms with Gasteiger partial charge in [0.1, 0.15) is 25.0 Å². The quantitative estimate of drug-likeness (QED) is 0.725. The molecule has 0 radical (unpaired) electrons. The van der Waals surface area contributed by atoms with Crippen LogP contribution in [0.4, 0.5) is 0 Å². The Balaban J connectivity index is 1.58. The minimum atomic E-state index is -4.01. The molecule has 0 unspecified atom stereocenters. The fraction of sp³-hybridized carbons (Fsp3) is 0.364. The molecular weight excluding hydrogens is 420 g/mol. The van der Waals surface area contributed by atoms with E-state index < -0.39 is 16.1 Å². The summed E-state index contributed by atoms with van der Waals surface area (Å²) in [6.07, 6.45) is 0.783. The van der Waals surface area contributed by atoms with Gasteiger partial charge in [-0.15, -0.1) is 0 Å². The van der Waals surface area contributed by atoms with Crippen LogP contribution in [0.2, 0.25) is 0 Å². The first-order valence-electron chi connectivity index (χ1n) is 10.2. The molecule has 0 bridgehead atoms. The number of ether oxygens (including phenoxy) is 2. The van der Waals surface area contributed by atoms with Crippen molar-refractivity contribution in [2.24, 2.45) is 0 Å². The molecule has 0 aliphatic carbocycles. The van der Waals surface area contributed by atoms with Gasteiger partial charge in [-0.2, -0.15) is 4.72 Å².